The standard InChI is InChI=1S/C11H15BrN2O3/c12-10-7-9(8-17-10)11(16)14-3-1-13(2-4-14)5-6-15/h7-8,15H,1-6H2. The van der Waals surface area contributed by atoms with E-state index in [1.807, 2.05) is 4.90 Å². The first-order valence-electron chi connectivity index (χ1n) is 5.57. The number of carbonyl (C=O) groups is 1. The molecule has 2 rings (SSSR count). The lowest BCUT2D eigenvalue weighted by atomic mass is 10.2. The summed E-state index contributed by atoms with van der Waals surface area (Å²) >= 11 is 3.18. The number of amides is 1. The predicted molar refractivity (Wildman–Crippen MR) is 65.8 cm³/mol. The minimum atomic E-state index is 0.00287. The van der Waals surface area contributed by atoms with Crippen molar-refractivity contribution < 1.29 is 14.3 Å². The first-order chi connectivity index (χ1) is 8.20. The van der Waals surface area contributed by atoms with Gasteiger partial charge in [-0.05, 0) is 15.9 Å². The Balaban J connectivity index is 1.90. The Labute approximate surface area is 108 Å². The number of hydrogen-bond donors (Lipinski definition) is 1. The normalized spacial score (nSPS) is 17.4. The molecule has 0 saturated carbocycles. The molecule has 1 aliphatic rings. The molecule has 1 aromatic rings. The second-order valence-corrected chi connectivity index (χ2v) is 4.78. The van der Waals surface area contributed by atoms with Crippen molar-refractivity contribution in [3.63, 3.8) is 0 Å². The molecule has 6 heteroatoms. The second kappa shape index (κ2) is 5.66. The highest BCUT2D eigenvalue weighted by Gasteiger charge is 2.22. The van der Waals surface area contributed by atoms with Crippen LogP contribution in [0.4, 0.5) is 0 Å². The largest absolute Gasteiger partial charge is 0.457 e. The summed E-state index contributed by atoms with van der Waals surface area (Å²) in [6, 6.07) is 1.68. The van der Waals surface area contributed by atoms with Gasteiger partial charge in [-0.2, -0.15) is 0 Å². The third-order valence-corrected chi connectivity index (χ3v) is 3.31. The molecule has 0 atom stereocenters. The van der Waals surface area contributed by atoms with Crippen molar-refractivity contribution in [1.29, 1.82) is 0 Å². The van der Waals surface area contributed by atoms with Gasteiger partial charge < -0.3 is 14.4 Å². The number of nitrogens with zero attached hydrogens (tertiary/aromatic N) is 2. The molecule has 0 radical (unpaired) electrons. The van der Waals surface area contributed by atoms with Gasteiger partial charge in [0.15, 0.2) is 4.67 Å². The Bertz CT molecular complexity index is 386. The Kier molecular flexibility index (Phi) is 4.20. The van der Waals surface area contributed by atoms with E-state index in [1.54, 1.807) is 6.07 Å². The Morgan fingerprint density at radius 3 is 2.65 bits per heavy atom. The van der Waals surface area contributed by atoms with Crippen LogP contribution in [0.15, 0.2) is 21.4 Å². The fourth-order valence-corrected chi connectivity index (χ4v) is 2.26. The van der Waals surface area contributed by atoms with E-state index >= 15 is 0 Å². The zero-order chi connectivity index (χ0) is 12.3. The molecule has 0 bridgehead atoms. The average molecular weight is 303 g/mol. The van der Waals surface area contributed by atoms with Crippen LogP contribution in [-0.2, 0) is 0 Å². The van der Waals surface area contributed by atoms with Crippen LogP contribution in [0.2, 0.25) is 0 Å². The molecule has 1 N–H and O–H groups in total. The fourth-order valence-electron chi connectivity index (χ4n) is 1.92. The summed E-state index contributed by atoms with van der Waals surface area (Å²) in [5.74, 6) is 0.00287. The summed E-state index contributed by atoms with van der Waals surface area (Å²) in [5, 5.41) is 8.83. The fraction of sp³-hybridized carbons (Fsp3) is 0.545. The Morgan fingerprint density at radius 2 is 2.12 bits per heavy atom. The van der Waals surface area contributed by atoms with Gasteiger partial charge in [0, 0.05) is 38.8 Å². The summed E-state index contributed by atoms with van der Waals surface area (Å²) in [6.45, 7) is 3.86. The van der Waals surface area contributed by atoms with E-state index in [4.69, 9.17) is 9.52 Å². The van der Waals surface area contributed by atoms with Crippen molar-refractivity contribution in [2.75, 3.05) is 39.3 Å². The first kappa shape index (κ1) is 12.6. The number of hydrogen-bond acceptors (Lipinski definition) is 4. The van der Waals surface area contributed by atoms with E-state index in [0.717, 1.165) is 13.1 Å². The lowest BCUT2D eigenvalue weighted by molar-refractivity contribution is 0.0614. The Morgan fingerprint density at radius 1 is 1.41 bits per heavy atom. The Hall–Kier alpha value is -0.850. The van der Waals surface area contributed by atoms with Crippen LogP contribution >= 0.6 is 15.9 Å². The minimum Gasteiger partial charge on any atom is -0.457 e. The molecule has 0 aromatic carbocycles. The number of furan rings is 1. The topological polar surface area (TPSA) is 56.9 Å². The van der Waals surface area contributed by atoms with Crippen LogP contribution in [0.3, 0.4) is 0 Å². The summed E-state index contributed by atoms with van der Waals surface area (Å²) in [6.07, 6.45) is 1.46. The molecule has 1 aliphatic heterocycles. The smallest absolute Gasteiger partial charge is 0.257 e. The van der Waals surface area contributed by atoms with Crippen LogP contribution in [0, 0.1) is 0 Å². The van der Waals surface area contributed by atoms with Crippen LogP contribution in [0.1, 0.15) is 10.4 Å². The highest BCUT2D eigenvalue weighted by molar-refractivity contribution is 9.10. The number of rotatable bonds is 3. The number of halogens is 1. The molecule has 1 amide bonds. The van der Waals surface area contributed by atoms with Crippen molar-refractivity contribution >= 4 is 21.8 Å². The van der Waals surface area contributed by atoms with Gasteiger partial charge in [-0.25, -0.2) is 0 Å². The van der Waals surface area contributed by atoms with Crippen molar-refractivity contribution in [2.24, 2.45) is 0 Å². The zero-order valence-corrected chi connectivity index (χ0v) is 11.0. The number of aliphatic hydroxyl groups is 1. The maximum atomic E-state index is 12.1. The highest BCUT2D eigenvalue weighted by Crippen LogP contribution is 2.16. The van der Waals surface area contributed by atoms with E-state index in [-0.39, 0.29) is 12.5 Å². The summed E-state index contributed by atoms with van der Waals surface area (Å²) < 4.78 is 5.63. The zero-order valence-electron chi connectivity index (χ0n) is 9.43. The molecule has 0 unspecified atom stereocenters. The van der Waals surface area contributed by atoms with Gasteiger partial charge in [-0.1, -0.05) is 0 Å². The van der Waals surface area contributed by atoms with Gasteiger partial charge >= 0.3 is 0 Å². The molecular weight excluding hydrogens is 288 g/mol. The number of carbonyl (C=O) groups excluding carboxylic acids is 1. The summed E-state index contributed by atoms with van der Waals surface area (Å²) in [5.41, 5.74) is 0.576. The molecule has 5 nitrogen and oxygen atoms in total. The van der Waals surface area contributed by atoms with E-state index < -0.39 is 0 Å². The van der Waals surface area contributed by atoms with E-state index in [2.05, 4.69) is 20.8 Å². The van der Waals surface area contributed by atoms with Crippen molar-refractivity contribution in [3.8, 4) is 0 Å². The van der Waals surface area contributed by atoms with E-state index in [1.165, 1.54) is 6.26 Å². The quantitative estimate of drug-likeness (QED) is 0.897. The molecular formula is C11H15BrN2O3. The second-order valence-electron chi connectivity index (χ2n) is 4.00. The van der Waals surface area contributed by atoms with Crippen LogP contribution in [-0.4, -0.2) is 60.1 Å². The van der Waals surface area contributed by atoms with Gasteiger partial charge in [0.25, 0.3) is 5.91 Å². The molecule has 17 heavy (non-hydrogen) atoms. The third kappa shape index (κ3) is 3.08. The van der Waals surface area contributed by atoms with Crippen molar-refractivity contribution in [1.82, 2.24) is 9.80 Å². The van der Waals surface area contributed by atoms with E-state index in [9.17, 15) is 4.79 Å². The number of piperazine rings is 1. The van der Waals surface area contributed by atoms with Gasteiger partial charge in [-0.3, -0.25) is 9.69 Å². The van der Waals surface area contributed by atoms with Gasteiger partial charge in [-0.15, -0.1) is 0 Å². The van der Waals surface area contributed by atoms with Gasteiger partial charge in [0.2, 0.25) is 0 Å². The van der Waals surface area contributed by atoms with Crippen molar-refractivity contribution in [3.05, 3.63) is 22.6 Å². The van der Waals surface area contributed by atoms with Crippen LogP contribution < -0.4 is 0 Å². The number of aliphatic hydroxyl groups excluding tert-OH is 1. The summed E-state index contributed by atoms with van der Waals surface area (Å²) in [7, 11) is 0. The molecule has 1 saturated heterocycles. The van der Waals surface area contributed by atoms with Gasteiger partial charge in [0.1, 0.15) is 6.26 Å². The summed E-state index contributed by atoms with van der Waals surface area (Å²) in [4.78, 5) is 16.0. The number of β-amino-alcohol motifs (C(OH)–C–C–N with tert-alkyl or cyclic N) is 1. The lowest BCUT2D eigenvalue weighted by Crippen LogP contribution is -2.49. The molecule has 1 fully saturated rings. The van der Waals surface area contributed by atoms with Crippen LogP contribution in [0.25, 0.3) is 0 Å². The first-order valence-corrected chi connectivity index (χ1v) is 6.36. The maximum absolute atomic E-state index is 12.1. The molecule has 2 heterocycles. The average Bonchev–Trinajstić information content (AvgIpc) is 2.76. The molecule has 0 spiro atoms. The molecule has 1 aromatic heterocycles. The van der Waals surface area contributed by atoms with E-state index in [0.29, 0.717) is 29.9 Å². The van der Waals surface area contributed by atoms with Crippen molar-refractivity contribution in [2.45, 2.75) is 0 Å². The molecule has 94 valence electrons. The third-order valence-electron chi connectivity index (χ3n) is 2.89. The highest BCUT2D eigenvalue weighted by atomic mass is 79.9. The lowest BCUT2D eigenvalue weighted by Gasteiger charge is -2.34. The van der Waals surface area contributed by atoms with Gasteiger partial charge in [0.05, 0.1) is 12.2 Å². The monoisotopic (exact) mass is 302 g/mol. The predicted octanol–water partition coefficient (Wildman–Crippen LogP) is 0.792. The van der Waals surface area contributed by atoms with Crippen LogP contribution in [0.5, 0.6) is 0 Å². The maximum Gasteiger partial charge on any atom is 0.257 e. The minimum absolute atomic E-state index is 0.00287. The SMILES string of the molecule is O=C(c1coc(Br)c1)N1CCN(CCO)CC1. The molecule has 0 aliphatic carbocycles.